The Labute approximate surface area is 142 Å². The Kier molecular flexibility index (Phi) is 4.42. The second kappa shape index (κ2) is 7.01. The quantitative estimate of drug-likeness (QED) is 0.759. The zero-order chi connectivity index (χ0) is 16.2. The van der Waals surface area contributed by atoms with Gasteiger partial charge in [0.25, 0.3) is 0 Å². The minimum absolute atomic E-state index is 0.367. The molecule has 3 aromatic rings. The van der Waals surface area contributed by atoms with E-state index < -0.39 is 0 Å². The maximum absolute atomic E-state index is 4.53. The van der Waals surface area contributed by atoms with Crippen LogP contribution in [0, 0.1) is 0 Å². The lowest BCUT2D eigenvalue weighted by Crippen LogP contribution is -2.30. The predicted molar refractivity (Wildman–Crippen MR) is 93.7 cm³/mol. The summed E-state index contributed by atoms with van der Waals surface area (Å²) in [7, 11) is 0. The van der Waals surface area contributed by atoms with Gasteiger partial charge in [0.05, 0.1) is 6.04 Å². The highest BCUT2D eigenvalue weighted by atomic mass is 15.1. The lowest BCUT2D eigenvalue weighted by molar-refractivity contribution is 0.386. The van der Waals surface area contributed by atoms with Crippen LogP contribution >= 0.6 is 0 Å². The van der Waals surface area contributed by atoms with Gasteiger partial charge < -0.3 is 14.5 Å². The first-order valence-electron chi connectivity index (χ1n) is 8.68. The molecule has 0 saturated heterocycles. The summed E-state index contributed by atoms with van der Waals surface area (Å²) in [5.41, 5.74) is 1.30. The fourth-order valence-electron chi connectivity index (χ4n) is 3.46. The Balaban J connectivity index is 1.35. The van der Waals surface area contributed by atoms with Crippen molar-refractivity contribution in [1.82, 2.24) is 24.4 Å². The minimum Gasteiger partial charge on any atom is -0.334 e. The average molecular weight is 321 g/mol. The summed E-state index contributed by atoms with van der Waals surface area (Å²) in [5, 5.41) is 3.66. The molecule has 0 saturated carbocycles. The molecule has 24 heavy (non-hydrogen) atoms. The zero-order valence-electron chi connectivity index (χ0n) is 13.8. The Morgan fingerprint density at radius 2 is 1.96 bits per heavy atom. The molecule has 0 amide bonds. The number of fused-ring (bicyclic) bond motifs is 1. The van der Waals surface area contributed by atoms with Gasteiger partial charge in [0.1, 0.15) is 11.6 Å². The van der Waals surface area contributed by atoms with Gasteiger partial charge in [0.2, 0.25) is 0 Å². The Hall–Kier alpha value is -2.40. The molecule has 1 aliphatic heterocycles. The third-order valence-corrected chi connectivity index (χ3v) is 4.69. The molecule has 124 valence electrons. The number of aryl methyl sites for hydroxylation is 1. The number of aromatic nitrogens is 4. The average Bonchev–Trinajstić information content (AvgIpc) is 3.26. The third kappa shape index (κ3) is 3.26. The molecule has 0 fully saturated rings. The highest BCUT2D eigenvalue weighted by Crippen LogP contribution is 2.22. The van der Waals surface area contributed by atoms with Gasteiger partial charge >= 0.3 is 0 Å². The molecule has 1 unspecified atom stereocenters. The molecule has 3 heterocycles. The van der Waals surface area contributed by atoms with E-state index in [0.717, 1.165) is 38.3 Å². The number of nitrogens with zero attached hydrogens (tertiary/aromatic N) is 4. The summed E-state index contributed by atoms with van der Waals surface area (Å²) in [4.78, 5) is 9.04. The molecule has 1 N–H and O–H groups in total. The van der Waals surface area contributed by atoms with Gasteiger partial charge in [-0.15, -0.1) is 0 Å². The second-order valence-corrected chi connectivity index (χ2v) is 6.33. The normalized spacial score (nSPS) is 16.9. The number of rotatable bonds is 6. The molecule has 2 aromatic heterocycles. The Morgan fingerprint density at radius 1 is 1.08 bits per heavy atom. The van der Waals surface area contributed by atoms with Gasteiger partial charge in [-0.2, -0.15) is 0 Å². The van der Waals surface area contributed by atoms with Crippen LogP contribution in [0.2, 0.25) is 0 Å². The molecule has 1 aromatic carbocycles. The van der Waals surface area contributed by atoms with Crippen molar-refractivity contribution >= 4 is 0 Å². The smallest absolute Gasteiger partial charge is 0.125 e. The number of nitrogens with one attached hydrogen (secondary N) is 1. The molecular formula is C19H23N5. The molecule has 0 radical (unpaired) electrons. The molecule has 1 aliphatic rings. The van der Waals surface area contributed by atoms with Crippen molar-refractivity contribution in [3.05, 3.63) is 72.3 Å². The van der Waals surface area contributed by atoms with Gasteiger partial charge in [-0.25, -0.2) is 9.97 Å². The van der Waals surface area contributed by atoms with E-state index in [1.165, 1.54) is 17.8 Å². The van der Waals surface area contributed by atoms with E-state index in [2.05, 4.69) is 67.1 Å². The van der Waals surface area contributed by atoms with Crippen LogP contribution in [0.4, 0.5) is 0 Å². The molecule has 1 atom stereocenters. The maximum atomic E-state index is 4.53. The SMILES string of the molecule is c1ccc(Cn2ccnc2CCNC2CCCn3ccnc32)cc1. The van der Waals surface area contributed by atoms with Crippen LogP contribution in [-0.4, -0.2) is 25.6 Å². The Morgan fingerprint density at radius 3 is 2.88 bits per heavy atom. The van der Waals surface area contributed by atoms with Crippen molar-refractivity contribution in [1.29, 1.82) is 0 Å². The van der Waals surface area contributed by atoms with Gasteiger partial charge in [-0.1, -0.05) is 30.3 Å². The van der Waals surface area contributed by atoms with Crippen molar-refractivity contribution < 1.29 is 0 Å². The van der Waals surface area contributed by atoms with Crippen LogP contribution in [0.5, 0.6) is 0 Å². The lowest BCUT2D eigenvalue weighted by Gasteiger charge is -2.24. The van der Waals surface area contributed by atoms with E-state index in [9.17, 15) is 0 Å². The van der Waals surface area contributed by atoms with Gasteiger partial charge in [0, 0.05) is 50.8 Å². The molecule has 0 aliphatic carbocycles. The van der Waals surface area contributed by atoms with E-state index in [4.69, 9.17) is 0 Å². The monoisotopic (exact) mass is 321 g/mol. The van der Waals surface area contributed by atoms with Crippen molar-refractivity contribution in [3.8, 4) is 0 Å². The van der Waals surface area contributed by atoms with Gasteiger partial charge in [-0.05, 0) is 18.4 Å². The largest absolute Gasteiger partial charge is 0.334 e. The van der Waals surface area contributed by atoms with Crippen LogP contribution in [0.25, 0.3) is 0 Å². The van der Waals surface area contributed by atoms with Crippen LogP contribution in [0.15, 0.2) is 55.1 Å². The van der Waals surface area contributed by atoms with Crippen LogP contribution in [-0.2, 0) is 19.5 Å². The van der Waals surface area contributed by atoms with Crippen LogP contribution in [0.1, 0.15) is 36.1 Å². The van der Waals surface area contributed by atoms with Crippen molar-refractivity contribution in [2.45, 2.75) is 38.4 Å². The van der Waals surface area contributed by atoms with Crippen molar-refractivity contribution in [2.75, 3.05) is 6.54 Å². The van der Waals surface area contributed by atoms with Crippen LogP contribution < -0.4 is 5.32 Å². The molecular weight excluding hydrogens is 298 g/mol. The Bertz CT molecular complexity index is 774. The van der Waals surface area contributed by atoms with Crippen LogP contribution in [0.3, 0.4) is 0 Å². The number of benzene rings is 1. The number of hydrogen-bond acceptors (Lipinski definition) is 3. The fourth-order valence-corrected chi connectivity index (χ4v) is 3.46. The van der Waals surface area contributed by atoms with Gasteiger partial charge in [0.15, 0.2) is 0 Å². The summed E-state index contributed by atoms with van der Waals surface area (Å²) in [6.07, 6.45) is 11.2. The first-order valence-corrected chi connectivity index (χ1v) is 8.68. The summed E-state index contributed by atoms with van der Waals surface area (Å²) in [5.74, 6) is 2.30. The molecule has 0 bridgehead atoms. The van der Waals surface area contributed by atoms with Gasteiger partial charge in [-0.3, -0.25) is 0 Å². The summed E-state index contributed by atoms with van der Waals surface area (Å²) in [6, 6.07) is 10.9. The second-order valence-electron chi connectivity index (χ2n) is 6.33. The molecule has 5 heteroatoms. The predicted octanol–water partition coefficient (Wildman–Crippen LogP) is 2.80. The summed E-state index contributed by atoms with van der Waals surface area (Å²) >= 11 is 0. The fraction of sp³-hybridized carbons (Fsp3) is 0.368. The molecule has 4 rings (SSSR count). The van der Waals surface area contributed by atoms with E-state index in [-0.39, 0.29) is 0 Å². The molecule has 5 nitrogen and oxygen atoms in total. The lowest BCUT2D eigenvalue weighted by atomic mass is 10.1. The number of hydrogen-bond donors (Lipinski definition) is 1. The standard InChI is InChI=1S/C19H23N5/c1-2-5-16(6-3-1)15-24-14-10-21-18(24)8-9-20-17-7-4-12-23-13-11-22-19(17)23/h1-3,5-6,10-11,13-14,17,20H,4,7-9,12,15H2. The first-order chi connectivity index (χ1) is 11.9. The summed E-state index contributed by atoms with van der Waals surface area (Å²) < 4.78 is 4.50. The third-order valence-electron chi connectivity index (χ3n) is 4.69. The highest BCUT2D eigenvalue weighted by Gasteiger charge is 2.20. The van der Waals surface area contributed by atoms with E-state index in [0.29, 0.717) is 6.04 Å². The maximum Gasteiger partial charge on any atom is 0.125 e. The molecule has 0 spiro atoms. The van der Waals surface area contributed by atoms with Crippen molar-refractivity contribution in [3.63, 3.8) is 0 Å². The van der Waals surface area contributed by atoms with Crippen molar-refractivity contribution in [2.24, 2.45) is 0 Å². The topological polar surface area (TPSA) is 47.7 Å². The van der Waals surface area contributed by atoms with E-state index >= 15 is 0 Å². The van der Waals surface area contributed by atoms with E-state index in [1.54, 1.807) is 0 Å². The first kappa shape index (κ1) is 15.1. The zero-order valence-corrected chi connectivity index (χ0v) is 13.8. The van der Waals surface area contributed by atoms with E-state index in [1.807, 2.05) is 12.4 Å². The number of imidazole rings is 2. The highest BCUT2D eigenvalue weighted by molar-refractivity contribution is 5.16. The minimum atomic E-state index is 0.367. The summed E-state index contributed by atoms with van der Waals surface area (Å²) in [6.45, 7) is 2.89.